The number of hydrogen-bond donors (Lipinski definition) is 0. The first-order valence-corrected chi connectivity index (χ1v) is 5.63. The fourth-order valence-corrected chi connectivity index (χ4v) is 1.33. The topological polar surface area (TPSA) is 24.7 Å². The van der Waals surface area contributed by atoms with Crippen molar-refractivity contribution >= 4 is 23.1 Å². The highest BCUT2D eigenvalue weighted by atomic mass is 14.7. The monoisotopic (exact) mass is 232 g/mol. The Morgan fingerprint density at radius 2 is 1.28 bits per heavy atom. The first kappa shape index (κ1) is 11.9. The molecule has 86 valence electrons. The van der Waals surface area contributed by atoms with Gasteiger partial charge < -0.3 is 0 Å². The Kier molecular flexibility index (Phi) is 4.08. The second kappa shape index (κ2) is 6.20. The summed E-state index contributed by atoms with van der Waals surface area (Å²) in [6, 6.07) is 17.4. The van der Waals surface area contributed by atoms with Crippen LogP contribution in [0.15, 0.2) is 70.3 Å². The summed E-state index contributed by atoms with van der Waals surface area (Å²) in [7, 11) is 0. The minimum Gasteiger partial charge on any atom is -0.197 e. The molecule has 0 saturated heterocycles. The lowest BCUT2D eigenvalue weighted by molar-refractivity contribution is 1.44. The summed E-state index contributed by atoms with van der Waals surface area (Å²) in [5.74, 6) is 5.31. The Morgan fingerprint density at radius 3 is 1.89 bits per heavy atom. The fraction of sp³-hybridized carbons (Fsp3) is 0.0625. The van der Waals surface area contributed by atoms with E-state index >= 15 is 0 Å². The van der Waals surface area contributed by atoms with Crippen LogP contribution in [0.25, 0.3) is 0 Å². The molecule has 0 atom stereocenters. The van der Waals surface area contributed by atoms with Crippen LogP contribution in [0.3, 0.4) is 0 Å². The van der Waals surface area contributed by atoms with Crippen molar-refractivity contribution in [2.45, 2.75) is 6.92 Å². The zero-order valence-electron chi connectivity index (χ0n) is 10.1. The summed E-state index contributed by atoms with van der Waals surface area (Å²) in [5.41, 5.74) is 5.55. The molecule has 0 saturated carbocycles. The summed E-state index contributed by atoms with van der Waals surface area (Å²) in [6.45, 7) is 2.04. The lowest BCUT2D eigenvalue weighted by atomic mass is 10.2. The number of rotatable bonds is 2. The Labute approximate surface area is 106 Å². The quantitative estimate of drug-likeness (QED) is 0.552. The van der Waals surface area contributed by atoms with Crippen LogP contribution in [0.4, 0.5) is 11.4 Å². The summed E-state index contributed by atoms with van der Waals surface area (Å²) in [4.78, 5) is 8.16. The minimum atomic E-state index is 0.835. The van der Waals surface area contributed by atoms with E-state index in [-0.39, 0.29) is 0 Å². The molecule has 0 amide bonds. The van der Waals surface area contributed by atoms with Gasteiger partial charge in [0.1, 0.15) is 0 Å². The molecule has 0 aliphatic heterocycles. The third-order valence-corrected chi connectivity index (χ3v) is 2.27. The summed E-state index contributed by atoms with van der Waals surface area (Å²) in [5, 5.41) is 0. The van der Waals surface area contributed by atoms with Crippen molar-refractivity contribution in [2.24, 2.45) is 9.98 Å². The van der Waals surface area contributed by atoms with E-state index in [2.05, 4.69) is 27.5 Å². The van der Waals surface area contributed by atoms with Crippen LogP contribution in [0.2, 0.25) is 0 Å². The molecule has 0 unspecified atom stereocenters. The minimum absolute atomic E-state index is 0.835. The molecule has 0 heterocycles. The van der Waals surface area contributed by atoms with Crippen LogP contribution in [0.1, 0.15) is 5.56 Å². The molecule has 2 aromatic rings. The Morgan fingerprint density at radius 1 is 0.722 bits per heavy atom. The Bertz CT molecular complexity index is 635. The SMILES string of the molecule is Cc1ccc(N=C=C=C=Nc2ccccc2)cc1. The maximum atomic E-state index is 4.09. The molecule has 2 heteroatoms. The molecule has 0 aliphatic carbocycles. The highest BCUT2D eigenvalue weighted by Crippen LogP contribution is 2.10. The number of aryl methyl sites for hydroxylation is 1. The predicted octanol–water partition coefficient (Wildman–Crippen LogP) is 4.01. The van der Waals surface area contributed by atoms with Gasteiger partial charge in [-0.15, -0.1) is 0 Å². The smallest absolute Gasteiger partial charge is 0.0737 e. The molecule has 0 radical (unpaired) electrons. The molecule has 0 aliphatic rings. The molecule has 0 fully saturated rings. The van der Waals surface area contributed by atoms with Crippen LogP contribution in [0.5, 0.6) is 0 Å². The van der Waals surface area contributed by atoms with E-state index in [4.69, 9.17) is 0 Å². The molecule has 0 spiro atoms. The molecular formula is C16H12N2. The van der Waals surface area contributed by atoms with Gasteiger partial charge in [-0.3, -0.25) is 0 Å². The van der Waals surface area contributed by atoms with Crippen LogP contribution >= 0.6 is 0 Å². The van der Waals surface area contributed by atoms with Crippen LogP contribution in [-0.2, 0) is 0 Å². The van der Waals surface area contributed by atoms with E-state index in [1.54, 1.807) is 0 Å². The number of aliphatic imine (C=N–C) groups is 2. The van der Waals surface area contributed by atoms with Crippen molar-refractivity contribution in [3.8, 4) is 0 Å². The van der Waals surface area contributed by atoms with Crippen molar-refractivity contribution < 1.29 is 0 Å². The zero-order valence-corrected chi connectivity index (χ0v) is 10.1. The maximum absolute atomic E-state index is 4.09. The first-order chi connectivity index (χ1) is 8.84. The summed E-state index contributed by atoms with van der Waals surface area (Å²) in [6.07, 6.45) is 0. The number of benzene rings is 2. The van der Waals surface area contributed by atoms with Crippen LogP contribution in [0, 0.1) is 6.92 Å². The molecule has 2 rings (SSSR count). The van der Waals surface area contributed by atoms with Crippen LogP contribution in [-0.4, -0.2) is 11.7 Å². The van der Waals surface area contributed by atoms with Crippen molar-refractivity contribution in [1.29, 1.82) is 0 Å². The zero-order chi connectivity index (χ0) is 12.6. The second-order valence-electron chi connectivity index (χ2n) is 3.74. The van der Waals surface area contributed by atoms with Crippen molar-refractivity contribution in [1.82, 2.24) is 0 Å². The molecular weight excluding hydrogens is 220 g/mol. The second-order valence-corrected chi connectivity index (χ2v) is 3.74. The van der Waals surface area contributed by atoms with Crippen molar-refractivity contribution in [2.75, 3.05) is 0 Å². The van der Waals surface area contributed by atoms with Gasteiger partial charge in [-0.25, -0.2) is 0 Å². The van der Waals surface area contributed by atoms with E-state index in [1.165, 1.54) is 5.56 Å². The largest absolute Gasteiger partial charge is 0.197 e. The standard InChI is InChI=1S/C16H12N2/c1-14-8-10-16(11-9-14)18-13-5-12-17-15-6-3-2-4-7-15/h2-4,6-11H,1H3. The average Bonchev–Trinajstić information content (AvgIpc) is 2.42. The number of nitrogens with zero attached hydrogens (tertiary/aromatic N) is 2. The van der Waals surface area contributed by atoms with E-state index in [1.807, 2.05) is 61.5 Å². The van der Waals surface area contributed by atoms with Gasteiger partial charge in [0, 0.05) is 17.5 Å². The maximum Gasteiger partial charge on any atom is 0.0737 e. The summed E-state index contributed by atoms with van der Waals surface area (Å²) < 4.78 is 0. The molecule has 2 nitrogen and oxygen atoms in total. The highest BCUT2D eigenvalue weighted by molar-refractivity contribution is 5.70. The van der Waals surface area contributed by atoms with Crippen molar-refractivity contribution in [3.05, 3.63) is 65.9 Å². The molecule has 0 aromatic heterocycles. The Balaban J connectivity index is 2.15. The molecule has 0 bridgehead atoms. The van der Waals surface area contributed by atoms with E-state index < -0.39 is 0 Å². The van der Waals surface area contributed by atoms with Gasteiger partial charge in [0.25, 0.3) is 0 Å². The van der Waals surface area contributed by atoms with E-state index in [0.29, 0.717) is 0 Å². The molecule has 2 aromatic carbocycles. The number of para-hydroxylation sites is 1. The van der Waals surface area contributed by atoms with Crippen molar-refractivity contribution in [3.63, 3.8) is 0 Å². The van der Waals surface area contributed by atoms with Crippen LogP contribution < -0.4 is 0 Å². The Hall–Kier alpha value is -2.62. The third kappa shape index (κ3) is 3.75. The first-order valence-electron chi connectivity index (χ1n) is 5.63. The predicted molar refractivity (Wildman–Crippen MR) is 75.3 cm³/mol. The van der Waals surface area contributed by atoms with Gasteiger partial charge in [0.05, 0.1) is 11.4 Å². The third-order valence-electron chi connectivity index (χ3n) is 2.27. The average molecular weight is 232 g/mol. The highest BCUT2D eigenvalue weighted by Gasteiger charge is 1.85. The summed E-state index contributed by atoms with van der Waals surface area (Å²) >= 11 is 0. The number of hydrogen-bond acceptors (Lipinski definition) is 2. The van der Waals surface area contributed by atoms with Gasteiger partial charge in [-0.05, 0) is 31.2 Å². The van der Waals surface area contributed by atoms with Gasteiger partial charge >= 0.3 is 0 Å². The normalized spacial score (nSPS) is 8.72. The molecule has 0 N–H and O–H groups in total. The lowest BCUT2D eigenvalue weighted by Crippen LogP contribution is -1.67. The molecule has 18 heavy (non-hydrogen) atoms. The van der Waals surface area contributed by atoms with Gasteiger partial charge in [-0.2, -0.15) is 9.98 Å². The lowest BCUT2D eigenvalue weighted by Gasteiger charge is -1.90. The van der Waals surface area contributed by atoms with Gasteiger partial charge in [0.15, 0.2) is 0 Å². The van der Waals surface area contributed by atoms with E-state index in [0.717, 1.165) is 11.4 Å². The van der Waals surface area contributed by atoms with E-state index in [9.17, 15) is 0 Å². The van der Waals surface area contributed by atoms with Gasteiger partial charge in [-0.1, -0.05) is 35.9 Å². The fourth-order valence-electron chi connectivity index (χ4n) is 1.33. The van der Waals surface area contributed by atoms with Gasteiger partial charge in [0.2, 0.25) is 0 Å².